The Bertz CT molecular complexity index is 475. The summed E-state index contributed by atoms with van der Waals surface area (Å²) >= 11 is 6.40. The highest BCUT2D eigenvalue weighted by Gasteiger charge is 2.45. The zero-order valence-corrected chi connectivity index (χ0v) is 10.8. The minimum absolute atomic E-state index is 0.0792. The number of nitrogens with two attached hydrogens (primary N) is 1. The van der Waals surface area contributed by atoms with Crippen LogP contribution in [0.2, 0.25) is 0 Å². The fourth-order valence-electron chi connectivity index (χ4n) is 1.89. The summed E-state index contributed by atoms with van der Waals surface area (Å²) < 4.78 is 0. The minimum Gasteiger partial charge on any atom is -0.508 e. The lowest BCUT2D eigenvalue weighted by molar-refractivity contribution is -0.125. The van der Waals surface area contributed by atoms with Gasteiger partial charge in [0.15, 0.2) is 5.11 Å². The third-order valence-corrected chi connectivity index (χ3v) is 4.33. The Morgan fingerprint density at radius 2 is 2.12 bits per heavy atom. The Balaban J connectivity index is 2.44. The summed E-state index contributed by atoms with van der Waals surface area (Å²) in [4.78, 5) is 12.6. The van der Waals surface area contributed by atoms with E-state index >= 15 is 0 Å². The van der Waals surface area contributed by atoms with Gasteiger partial charge in [0.1, 0.15) is 10.6 Å². The highest BCUT2D eigenvalue weighted by molar-refractivity contribution is 8.01. The average Bonchev–Trinajstić information content (AvgIpc) is 2.56. The molecule has 3 N–H and O–H groups in total. The van der Waals surface area contributed by atoms with Crippen LogP contribution in [0.5, 0.6) is 5.75 Å². The van der Waals surface area contributed by atoms with E-state index in [1.807, 2.05) is 6.92 Å². The molecule has 2 rings (SSSR count). The molecule has 1 atom stereocenters. The molecule has 1 aromatic carbocycles. The van der Waals surface area contributed by atoms with Crippen molar-refractivity contribution in [2.75, 3.05) is 5.75 Å². The third kappa shape index (κ3) is 1.98. The summed E-state index contributed by atoms with van der Waals surface area (Å²) in [7, 11) is 0. The van der Waals surface area contributed by atoms with E-state index in [1.54, 1.807) is 24.3 Å². The number of thiocarbonyl (C=S) groups is 1. The van der Waals surface area contributed by atoms with Crippen molar-refractivity contribution >= 4 is 35.0 Å². The van der Waals surface area contributed by atoms with Crippen LogP contribution in [0.25, 0.3) is 0 Å². The number of aromatic hydroxyl groups is 1. The molecule has 17 heavy (non-hydrogen) atoms. The number of nitrogens with zero attached hydrogens (tertiary/aromatic N) is 1. The van der Waals surface area contributed by atoms with Crippen molar-refractivity contribution in [3.63, 3.8) is 0 Å². The molecule has 1 heterocycles. The van der Waals surface area contributed by atoms with Crippen molar-refractivity contribution in [2.24, 2.45) is 5.73 Å². The molecule has 90 valence electrons. The second-order valence-corrected chi connectivity index (χ2v) is 5.68. The van der Waals surface area contributed by atoms with Crippen LogP contribution in [0.15, 0.2) is 24.3 Å². The molecule has 0 radical (unpaired) electrons. The number of carbonyl (C=O) groups excluding carboxylic acids is 1. The predicted molar refractivity (Wildman–Crippen MR) is 71.5 cm³/mol. The Kier molecular flexibility index (Phi) is 3.01. The van der Waals surface area contributed by atoms with Gasteiger partial charge in [-0.25, -0.2) is 0 Å². The summed E-state index contributed by atoms with van der Waals surface area (Å²) in [6.45, 7) is 1.90. The largest absolute Gasteiger partial charge is 0.508 e. The SMILES string of the molecule is CC1(c2ccc(O)cc2)SCC(=O)N1C(N)=S. The zero-order chi connectivity index (χ0) is 12.6. The minimum atomic E-state index is -0.587. The molecule has 1 aromatic rings. The van der Waals surface area contributed by atoms with Crippen LogP contribution in [-0.4, -0.2) is 26.8 Å². The molecule has 1 fully saturated rings. The van der Waals surface area contributed by atoms with Gasteiger partial charge in [-0.3, -0.25) is 9.69 Å². The van der Waals surface area contributed by atoms with E-state index < -0.39 is 4.87 Å². The smallest absolute Gasteiger partial charge is 0.240 e. The number of hydrogen-bond acceptors (Lipinski definition) is 4. The highest BCUT2D eigenvalue weighted by Crippen LogP contribution is 2.44. The molecule has 0 aliphatic carbocycles. The van der Waals surface area contributed by atoms with Crippen molar-refractivity contribution < 1.29 is 9.90 Å². The summed E-state index contributed by atoms with van der Waals surface area (Å²) in [5.74, 6) is 0.459. The van der Waals surface area contributed by atoms with Crippen LogP contribution in [0.3, 0.4) is 0 Å². The normalized spacial score (nSPS) is 24.1. The number of thioether (sulfide) groups is 1. The van der Waals surface area contributed by atoms with E-state index in [-0.39, 0.29) is 16.8 Å². The van der Waals surface area contributed by atoms with Crippen molar-refractivity contribution in [3.05, 3.63) is 29.8 Å². The first-order valence-electron chi connectivity index (χ1n) is 5.01. The topological polar surface area (TPSA) is 66.6 Å². The fraction of sp³-hybridized carbons (Fsp3) is 0.273. The Labute approximate surface area is 109 Å². The van der Waals surface area contributed by atoms with Gasteiger partial charge < -0.3 is 10.8 Å². The van der Waals surface area contributed by atoms with Crippen molar-refractivity contribution in [1.82, 2.24) is 4.90 Å². The monoisotopic (exact) mass is 268 g/mol. The Morgan fingerprint density at radius 3 is 2.65 bits per heavy atom. The quantitative estimate of drug-likeness (QED) is 0.753. The molecule has 1 aliphatic heterocycles. The Hall–Kier alpha value is -1.27. The van der Waals surface area contributed by atoms with E-state index in [4.69, 9.17) is 18.0 Å². The molecular formula is C11H12N2O2S2. The summed E-state index contributed by atoms with van der Waals surface area (Å²) in [5, 5.41) is 9.35. The number of benzene rings is 1. The van der Waals surface area contributed by atoms with Gasteiger partial charge in [-0.05, 0) is 36.8 Å². The van der Waals surface area contributed by atoms with E-state index in [2.05, 4.69) is 0 Å². The molecule has 4 nitrogen and oxygen atoms in total. The molecule has 0 saturated carbocycles. The van der Waals surface area contributed by atoms with E-state index in [0.717, 1.165) is 5.56 Å². The van der Waals surface area contributed by atoms with Gasteiger partial charge in [-0.15, -0.1) is 11.8 Å². The maximum atomic E-state index is 11.8. The van der Waals surface area contributed by atoms with Gasteiger partial charge in [0.25, 0.3) is 0 Å². The van der Waals surface area contributed by atoms with Crippen LogP contribution >= 0.6 is 24.0 Å². The van der Waals surface area contributed by atoms with E-state index in [9.17, 15) is 9.90 Å². The lowest BCUT2D eigenvalue weighted by atomic mass is 10.1. The molecule has 1 unspecified atom stereocenters. The van der Waals surface area contributed by atoms with Gasteiger partial charge in [-0.1, -0.05) is 12.1 Å². The molecule has 1 aliphatic rings. The number of amides is 1. The number of phenolic OH excluding ortho intramolecular Hbond substituents is 1. The van der Waals surface area contributed by atoms with Crippen LogP contribution < -0.4 is 5.73 Å². The van der Waals surface area contributed by atoms with E-state index in [1.165, 1.54) is 16.7 Å². The molecule has 0 bridgehead atoms. The first-order chi connectivity index (χ1) is 7.95. The van der Waals surface area contributed by atoms with E-state index in [0.29, 0.717) is 5.75 Å². The second kappa shape index (κ2) is 4.19. The first-order valence-corrected chi connectivity index (χ1v) is 6.40. The third-order valence-electron chi connectivity index (χ3n) is 2.78. The van der Waals surface area contributed by atoms with Crippen LogP contribution in [0.4, 0.5) is 0 Å². The lowest BCUT2D eigenvalue weighted by Crippen LogP contribution is -2.47. The second-order valence-electron chi connectivity index (χ2n) is 3.89. The Morgan fingerprint density at radius 1 is 1.53 bits per heavy atom. The zero-order valence-electron chi connectivity index (χ0n) is 9.21. The number of hydrogen-bond donors (Lipinski definition) is 2. The van der Waals surface area contributed by atoms with Crippen molar-refractivity contribution in [2.45, 2.75) is 11.8 Å². The van der Waals surface area contributed by atoms with Crippen molar-refractivity contribution in [1.29, 1.82) is 0 Å². The maximum Gasteiger partial charge on any atom is 0.240 e. The molecule has 6 heteroatoms. The fourth-order valence-corrected chi connectivity index (χ4v) is 3.39. The molecular weight excluding hydrogens is 256 g/mol. The number of phenols is 1. The molecule has 1 saturated heterocycles. The van der Waals surface area contributed by atoms with Crippen molar-refractivity contribution in [3.8, 4) is 5.75 Å². The standard InChI is InChI=1S/C11H12N2O2S2/c1-11(7-2-4-8(14)5-3-7)13(10(12)16)9(15)6-17-11/h2-5,14H,6H2,1H3,(H2,12,16). The van der Waals surface area contributed by atoms with Gasteiger partial charge >= 0.3 is 0 Å². The van der Waals surface area contributed by atoms with Gasteiger partial charge in [0.2, 0.25) is 5.91 Å². The van der Waals surface area contributed by atoms with Crippen LogP contribution in [-0.2, 0) is 9.67 Å². The average molecular weight is 268 g/mol. The number of rotatable bonds is 1. The molecule has 0 aromatic heterocycles. The maximum absolute atomic E-state index is 11.8. The van der Waals surface area contributed by atoms with Gasteiger partial charge in [0.05, 0.1) is 5.75 Å². The van der Waals surface area contributed by atoms with Gasteiger partial charge in [-0.2, -0.15) is 0 Å². The van der Waals surface area contributed by atoms with Crippen LogP contribution in [0, 0.1) is 0 Å². The first kappa shape index (κ1) is 12.2. The molecule has 1 amide bonds. The number of carbonyl (C=O) groups is 1. The summed E-state index contributed by atoms with van der Waals surface area (Å²) in [6, 6.07) is 6.71. The van der Waals surface area contributed by atoms with Gasteiger partial charge in [0, 0.05) is 0 Å². The molecule has 0 spiro atoms. The predicted octanol–water partition coefficient (Wildman–Crippen LogP) is 1.38. The van der Waals surface area contributed by atoms with Crippen LogP contribution in [0.1, 0.15) is 12.5 Å². The lowest BCUT2D eigenvalue weighted by Gasteiger charge is -2.33. The highest BCUT2D eigenvalue weighted by atomic mass is 32.2. The summed E-state index contributed by atoms with van der Waals surface area (Å²) in [5.41, 5.74) is 6.49. The summed E-state index contributed by atoms with van der Waals surface area (Å²) in [6.07, 6.45) is 0.